The van der Waals surface area contributed by atoms with Gasteiger partial charge in [-0.25, -0.2) is 0 Å². The molecule has 5 atom stereocenters. The Morgan fingerprint density at radius 2 is 1.97 bits per heavy atom. The van der Waals surface area contributed by atoms with Crippen molar-refractivity contribution in [2.75, 3.05) is 6.61 Å². The van der Waals surface area contributed by atoms with Gasteiger partial charge >= 0.3 is 0 Å². The number of hydrogen-bond donors (Lipinski definition) is 2. The van der Waals surface area contributed by atoms with Crippen LogP contribution in [0.15, 0.2) is 30.6 Å². The van der Waals surface area contributed by atoms with Gasteiger partial charge < -0.3 is 15.4 Å². The molecule has 7 heteroatoms. The van der Waals surface area contributed by atoms with Crippen LogP contribution in [0.25, 0.3) is 0 Å². The van der Waals surface area contributed by atoms with Gasteiger partial charge in [-0.05, 0) is 101 Å². The van der Waals surface area contributed by atoms with Crippen LogP contribution in [0.1, 0.15) is 98.5 Å². The molecule has 2 aliphatic heterocycles. The molecular formula is C31H44N4O3. The van der Waals surface area contributed by atoms with E-state index in [1.165, 1.54) is 11.1 Å². The fourth-order valence-corrected chi connectivity index (χ4v) is 6.19. The van der Waals surface area contributed by atoms with Gasteiger partial charge in [-0.1, -0.05) is 13.0 Å². The molecule has 2 aliphatic rings. The predicted octanol–water partition coefficient (Wildman–Crippen LogP) is 5.04. The summed E-state index contributed by atoms with van der Waals surface area (Å²) in [5.74, 6) is 0.954. The monoisotopic (exact) mass is 520 g/mol. The van der Waals surface area contributed by atoms with Gasteiger partial charge in [-0.3, -0.25) is 19.5 Å². The molecule has 4 rings (SSSR count). The van der Waals surface area contributed by atoms with E-state index in [1.807, 2.05) is 12.3 Å². The number of carbonyl (C=O) groups is 2. The maximum Gasteiger partial charge on any atom is 0.253 e. The van der Waals surface area contributed by atoms with E-state index in [4.69, 9.17) is 4.74 Å². The summed E-state index contributed by atoms with van der Waals surface area (Å²) in [6, 6.07) is 7.52. The third-order valence-corrected chi connectivity index (χ3v) is 8.52. The van der Waals surface area contributed by atoms with E-state index in [-0.39, 0.29) is 29.9 Å². The lowest BCUT2D eigenvalue weighted by atomic mass is 9.95. The highest BCUT2D eigenvalue weighted by atomic mass is 16.5. The Hall–Kier alpha value is -2.93. The van der Waals surface area contributed by atoms with Gasteiger partial charge in [0.05, 0.1) is 11.6 Å². The first-order valence-electron chi connectivity index (χ1n) is 14.2. The summed E-state index contributed by atoms with van der Waals surface area (Å²) in [4.78, 5) is 31.2. The molecular weight excluding hydrogens is 476 g/mol. The molecule has 2 aromatic rings. The quantitative estimate of drug-likeness (QED) is 0.459. The predicted molar refractivity (Wildman–Crippen MR) is 150 cm³/mol. The zero-order valence-electron chi connectivity index (χ0n) is 23.8. The van der Waals surface area contributed by atoms with Crippen molar-refractivity contribution in [2.24, 2.45) is 0 Å². The van der Waals surface area contributed by atoms with E-state index < -0.39 is 0 Å². The van der Waals surface area contributed by atoms with Crippen LogP contribution < -0.4 is 15.4 Å². The van der Waals surface area contributed by atoms with Crippen LogP contribution in [0.4, 0.5) is 0 Å². The Morgan fingerprint density at radius 3 is 2.68 bits per heavy atom. The largest absolute Gasteiger partial charge is 0.491 e. The molecule has 1 aromatic carbocycles. The second kappa shape index (κ2) is 12.3. The van der Waals surface area contributed by atoms with Crippen molar-refractivity contribution in [3.63, 3.8) is 0 Å². The summed E-state index contributed by atoms with van der Waals surface area (Å²) in [5.41, 5.74) is 5.44. The molecule has 0 aliphatic carbocycles. The molecule has 2 N–H and O–H groups in total. The molecule has 0 spiro atoms. The lowest BCUT2D eigenvalue weighted by Crippen LogP contribution is -2.42. The number of nitrogens with zero attached hydrogens (tertiary/aromatic N) is 2. The van der Waals surface area contributed by atoms with Crippen molar-refractivity contribution < 1.29 is 14.3 Å². The maximum absolute atomic E-state index is 12.9. The lowest BCUT2D eigenvalue weighted by Gasteiger charge is -2.37. The van der Waals surface area contributed by atoms with Gasteiger partial charge in [0.15, 0.2) is 0 Å². The Bertz CT molecular complexity index is 1150. The smallest absolute Gasteiger partial charge is 0.253 e. The minimum Gasteiger partial charge on any atom is -0.491 e. The van der Waals surface area contributed by atoms with Crippen LogP contribution in [0, 0.1) is 13.8 Å². The third kappa shape index (κ3) is 6.37. The van der Waals surface area contributed by atoms with E-state index in [0.717, 1.165) is 49.0 Å². The van der Waals surface area contributed by atoms with Crippen LogP contribution in [0.3, 0.4) is 0 Å². The van der Waals surface area contributed by atoms with E-state index in [0.29, 0.717) is 30.7 Å². The first-order chi connectivity index (χ1) is 18.2. The van der Waals surface area contributed by atoms with E-state index in [9.17, 15) is 9.59 Å². The Morgan fingerprint density at radius 1 is 1.18 bits per heavy atom. The van der Waals surface area contributed by atoms with Crippen LogP contribution in [-0.2, 0) is 11.2 Å². The number of rotatable bonds is 10. The van der Waals surface area contributed by atoms with Gasteiger partial charge in [0, 0.05) is 43.0 Å². The zero-order chi connectivity index (χ0) is 27.4. The van der Waals surface area contributed by atoms with Crippen molar-refractivity contribution in [3.05, 3.63) is 58.4 Å². The fraction of sp³-hybridized carbons (Fsp3) is 0.581. The van der Waals surface area contributed by atoms with Gasteiger partial charge in [0.1, 0.15) is 12.4 Å². The summed E-state index contributed by atoms with van der Waals surface area (Å²) in [7, 11) is 0. The summed E-state index contributed by atoms with van der Waals surface area (Å²) in [5, 5.41) is 6.18. The number of ether oxygens (including phenoxy) is 1. The lowest BCUT2D eigenvalue weighted by molar-refractivity contribution is -0.119. The molecule has 2 fully saturated rings. The molecule has 2 saturated heterocycles. The van der Waals surface area contributed by atoms with Crippen LogP contribution >= 0.6 is 0 Å². The summed E-state index contributed by atoms with van der Waals surface area (Å²) in [6.07, 6.45) is 8.95. The minimum absolute atomic E-state index is 0.0508. The van der Waals surface area contributed by atoms with Crippen LogP contribution in [0.5, 0.6) is 5.75 Å². The van der Waals surface area contributed by atoms with E-state index >= 15 is 0 Å². The molecule has 3 heterocycles. The molecule has 7 nitrogen and oxygen atoms in total. The fourth-order valence-electron chi connectivity index (χ4n) is 6.19. The van der Waals surface area contributed by atoms with Crippen molar-refractivity contribution in [1.29, 1.82) is 0 Å². The average molecular weight is 521 g/mol. The number of hydrogen-bond acceptors (Lipinski definition) is 5. The van der Waals surface area contributed by atoms with Crippen molar-refractivity contribution in [1.82, 2.24) is 20.5 Å². The number of carbonyl (C=O) groups excluding carboxylic acids is 2. The Labute approximate surface area is 227 Å². The number of pyridine rings is 1. The van der Waals surface area contributed by atoms with Gasteiger partial charge in [0.25, 0.3) is 5.91 Å². The van der Waals surface area contributed by atoms with Crippen LogP contribution in [-0.4, -0.2) is 52.5 Å². The number of aromatic nitrogens is 1. The molecule has 0 bridgehead atoms. The summed E-state index contributed by atoms with van der Waals surface area (Å²) >= 11 is 0. The number of aryl methyl sites for hydroxylation is 1. The van der Waals surface area contributed by atoms with Gasteiger partial charge in [0.2, 0.25) is 5.91 Å². The van der Waals surface area contributed by atoms with Gasteiger partial charge in [-0.15, -0.1) is 0 Å². The average Bonchev–Trinajstić information content (AvgIpc) is 3.48. The van der Waals surface area contributed by atoms with Crippen molar-refractivity contribution in [3.8, 4) is 5.75 Å². The highest BCUT2D eigenvalue weighted by Gasteiger charge is 2.36. The highest BCUT2D eigenvalue weighted by Crippen LogP contribution is 2.38. The maximum atomic E-state index is 12.9. The molecule has 206 valence electrons. The molecule has 0 radical (unpaired) electrons. The molecule has 1 aromatic heterocycles. The highest BCUT2D eigenvalue weighted by molar-refractivity contribution is 5.94. The third-order valence-electron chi connectivity index (χ3n) is 8.52. The van der Waals surface area contributed by atoms with Gasteiger partial charge in [-0.2, -0.15) is 0 Å². The van der Waals surface area contributed by atoms with E-state index in [1.54, 1.807) is 6.20 Å². The van der Waals surface area contributed by atoms with Crippen LogP contribution in [0.2, 0.25) is 0 Å². The first-order valence-corrected chi connectivity index (χ1v) is 14.2. The minimum atomic E-state index is -0.0508. The molecule has 0 saturated carbocycles. The zero-order valence-corrected chi connectivity index (χ0v) is 23.8. The molecule has 38 heavy (non-hydrogen) atoms. The molecule has 3 unspecified atom stereocenters. The van der Waals surface area contributed by atoms with Crippen molar-refractivity contribution in [2.45, 2.75) is 110 Å². The number of amides is 2. The summed E-state index contributed by atoms with van der Waals surface area (Å²) in [6.45, 7) is 13.6. The Balaban J connectivity index is 1.40. The summed E-state index contributed by atoms with van der Waals surface area (Å²) < 4.78 is 6.12. The van der Waals surface area contributed by atoms with E-state index in [2.05, 4.69) is 74.2 Å². The molecule has 2 amide bonds. The number of nitrogens with one attached hydrogen (secondary N) is 2. The first kappa shape index (κ1) is 28.1. The topological polar surface area (TPSA) is 83.6 Å². The van der Waals surface area contributed by atoms with Crippen molar-refractivity contribution >= 4 is 11.8 Å². The SMILES string of the molecule is CCc1cncc(C(=O)N[C@H](C)CC2CCC(C)N2C(C)c2ccc(OC[C@H]3CCC(=O)N3)c(C)c2C)c1. The standard InChI is InChI=1S/C31H44N4O3/c1-7-24-15-25(17-32-16-24)31(37)33-19(2)14-27-10-8-20(3)35(27)23(6)28-11-12-29(22(5)21(28)4)38-18-26-9-13-30(36)34-26/h11-12,15-17,19-20,23,26-27H,7-10,13-14,18H2,1-6H3,(H,33,37)(H,34,36)/t19-,20?,23?,26-,27?/m1/s1. The number of benzene rings is 1. The second-order valence-corrected chi connectivity index (χ2v) is 11.3. The number of likely N-dealkylation sites (tertiary alicyclic amines) is 1. The Kier molecular flexibility index (Phi) is 9.08. The second-order valence-electron chi connectivity index (χ2n) is 11.3. The normalized spacial score (nSPS) is 23.2.